The van der Waals surface area contributed by atoms with Crippen LogP contribution in [0.2, 0.25) is 0 Å². The molecule has 2 aromatic carbocycles. The van der Waals surface area contributed by atoms with Crippen molar-refractivity contribution in [2.75, 3.05) is 6.54 Å². The summed E-state index contributed by atoms with van der Waals surface area (Å²) in [6.45, 7) is 10.3. The van der Waals surface area contributed by atoms with E-state index in [1.807, 2.05) is 27.7 Å². The molecule has 0 aliphatic heterocycles. The van der Waals surface area contributed by atoms with E-state index >= 15 is 0 Å². The summed E-state index contributed by atoms with van der Waals surface area (Å²) in [6.07, 6.45) is 1.45. The fraction of sp³-hybridized carbons (Fsp3) is 0.316. The third-order valence-corrected chi connectivity index (χ3v) is 2.39. The number of benzene rings is 2. The molecule has 0 spiro atoms. The van der Waals surface area contributed by atoms with Gasteiger partial charge >= 0.3 is 5.69 Å². The van der Waals surface area contributed by atoms with Crippen molar-refractivity contribution in [3.63, 3.8) is 0 Å². The first-order chi connectivity index (χ1) is 12.5. The van der Waals surface area contributed by atoms with Crippen molar-refractivity contribution in [3.05, 3.63) is 69.7 Å². The number of nitro benzene ring substituents is 1. The molecule has 0 aliphatic rings. The zero-order valence-electron chi connectivity index (χ0n) is 16.4. The van der Waals surface area contributed by atoms with Gasteiger partial charge in [-0.25, -0.2) is 4.39 Å². The second kappa shape index (κ2) is 19.1. The van der Waals surface area contributed by atoms with Crippen LogP contribution in [-0.4, -0.2) is 22.8 Å². The van der Waals surface area contributed by atoms with E-state index < -0.39 is 16.4 Å². The van der Waals surface area contributed by atoms with Gasteiger partial charge in [0.25, 0.3) is 0 Å². The molecule has 2 rings (SSSR count). The molecular weight excluding hydrogens is 426 g/mol. The molecule has 0 saturated carbocycles. The molecule has 0 heterocycles. The first-order valence-corrected chi connectivity index (χ1v) is 8.39. The average molecular weight is 453 g/mol. The Labute approximate surface area is 185 Å². The smallest absolute Gasteiger partial charge is 0.312 e. The summed E-state index contributed by atoms with van der Waals surface area (Å²) in [6, 6.07) is 9.47. The summed E-state index contributed by atoms with van der Waals surface area (Å²) < 4.78 is 12.7. The van der Waals surface area contributed by atoms with Crippen LogP contribution in [0.4, 0.5) is 15.8 Å². The maximum Gasteiger partial charge on any atom is 0.312 e. The maximum absolute atomic E-state index is 12.7. The second-order valence-electron chi connectivity index (χ2n) is 4.09. The van der Waals surface area contributed by atoms with E-state index in [9.17, 15) is 19.6 Å². The Morgan fingerprint density at radius 2 is 1.63 bits per heavy atom. The predicted octanol–water partition coefficient (Wildman–Crippen LogP) is 6.30. The van der Waals surface area contributed by atoms with Crippen LogP contribution in [0.1, 0.15) is 40.2 Å². The number of nitro groups is 1. The van der Waals surface area contributed by atoms with Gasteiger partial charge in [-0.2, -0.15) is 6.54 Å². The van der Waals surface area contributed by atoms with E-state index in [1.54, 1.807) is 6.92 Å². The Bertz CT molecular complexity index is 666. The summed E-state index contributed by atoms with van der Waals surface area (Å²) in [5.74, 6) is -0.761. The summed E-state index contributed by atoms with van der Waals surface area (Å²) >= 11 is 0. The Hall–Kier alpha value is -1.70. The molecular formula is C19H27FN3O3Y-. The van der Waals surface area contributed by atoms with Crippen molar-refractivity contribution in [2.45, 2.75) is 34.6 Å². The van der Waals surface area contributed by atoms with E-state index in [4.69, 9.17) is 5.73 Å². The fourth-order valence-electron chi connectivity index (χ4n) is 1.44. The molecule has 27 heavy (non-hydrogen) atoms. The Morgan fingerprint density at radius 1 is 1.15 bits per heavy atom. The van der Waals surface area contributed by atoms with Crippen LogP contribution in [0.5, 0.6) is 5.75 Å². The SMILES string of the molecule is CC.CC.CC[NH-].O=[N+]([O-])c1cc(N=Cc2ccc(F)cc2)ccc1O.[Y]. The van der Waals surface area contributed by atoms with Crippen molar-refractivity contribution in [1.82, 2.24) is 0 Å². The zero-order chi connectivity index (χ0) is 20.5. The summed E-state index contributed by atoms with van der Waals surface area (Å²) in [7, 11) is 0. The topological polar surface area (TPSA) is 99.5 Å². The third-order valence-electron chi connectivity index (χ3n) is 2.39. The molecule has 0 bridgehead atoms. The first-order valence-electron chi connectivity index (χ1n) is 8.39. The molecule has 8 heteroatoms. The van der Waals surface area contributed by atoms with E-state index in [0.29, 0.717) is 17.8 Å². The van der Waals surface area contributed by atoms with Crippen LogP contribution in [-0.2, 0) is 32.7 Å². The minimum atomic E-state index is -0.688. The number of phenols is 1. The largest absolute Gasteiger partial charge is 0.678 e. The van der Waals surface area contributed by atoms with Crippen LogP contribution < -0.4 is 0 Å². The molecule has 147 valence electrons. The van der Waals surface area contributed by atoms with Gasteiger partial charge in [0, 0.05) is 45.0 Å². The van der Waals surface area contributed by atoms with Crippen LogP contribution in [0.25, 0.3) is 5.73 Å². The van der Waals surface area contributed by atoms with Gasteiger partial charge in [-0.3, -0.25) is 15.1 Å². The van der Waals surface area contributed by atoms with Gasteiger partial charge in [0.15, 0.2) is 5.75 Å². The second-order valence-corrected chi connectivity index (χ2v) is 4.09. The molecule has 0 fully saturated rings. The fourth-order valence-corrected chi connectivity index (χ4v) is 1.44. The van der Waals surface area contributed by atoms with Gasteiger partial charge in [-0.05, 0) is 29.8 Å². The minimum Gasteiger partial charge on any atom is -0.678 e. The zero-order valence-corrected chi connectivity index (χ0v) is 19.3. The summed E-state index contributed by atoms with van der Waals surface area (Å²) in [5.41, 5.74) is 6.79. The summed E-state index contributed by atoms with van der Waals surface area (Å²) in [5, 5.41) is 19.9. The number of rotatable bonds is 3. The molecule has 1 radical (unpaired) electrons. The van der Waals surface area contributed by atoms with E-state index in [1.165, 1.54) is 42.6 Å². The number of halogens is 1. The maximum atomic E-state index is 12.7. The van der Waals surface area contributed by atoms with Crippen molar-refractivity contribution in [1.29, 1.82) is 0 Å². The number of aromatic hydroxyl groups is 1. The standard InChI is InChI=1S/C13H9FN2O3.C2H6N.2C2H6.Y/c14-10-3-1-9(2-4-10)8-15-11-5-6-13(17)12(7-11)16(18)19;1-2-3;2*1-2;/h1-8,17H;3H,2H2,1H3;2*1-2H3;/q;-1;;;. The minimum absolute atomic E-state index is 0. The molecule has 0 saturated heterocycles. The monoisotopic (exact) mass is 453 g/mol. The van der Waals surface area contributed by atoms with Gasteiger partial charge in [-0.15, -0.1) is 0 Å². The molecule has 6 nitrogen and oxygen atoms in total. The van der Waals surface area contributed by atoms with Crippen LogP contribution in [0, 0.1) is 15.9 Å². The van der Waals surface area contributed by atoms with Crippen LogP contribution >= 0.6 is 0 Å². The van der Waals surface area contributed by atoms with Crippen molar-refractivity contribution in [3.8, 4) is 5.75 Å². The molecule has 0 aromatic heterocycles. The Balaban J connectivity index is -0.000000639. The molecule has 2 N–H and O–H groups in total. The number of hydrogen-bond donors (Lipinski definition) is 1. The Morgan fingerprint density at radius 3 is 2.07 bits per heavy atom. The van der Waals surface area contributed by atoms with Crippen molar-refractivity contribution in [2.24, 2.45) is 4.99 Å². The number of phenolic OH excluding ortho intramolecular Hbond substituents is 1. The van der Waals surface area contributed by atoms with Crippen LogP contribution in [0.15, 0.2) is 47.5 Å². The molecule has 2 aromatic rings. The van der Waals surface area contributed by atoms with Gasteiger partial charge in [0.2, 0.25) is 0 Å². The first kappa shape index (κ1) is 30.0. The number of nitrogens with zero attached hydrogens (tertiary/aromatic N) is 2. The van der Waals surface area contributed by atoms with Gasteiger partial charge < -0.3 is 10.8 Å². The number of aliphatic imine (C=N–C) groups is 1. The Kier molecular flexibility index (Phi) is 21.2. The van der Waals surface area contributed by atoms with Crippen LogP contribution in [0.3, 0.4) is 0 Å². The van der Waals surface area contributed by atoms with Gasteiger partial charge in [0.05, 0.1) is 10.6 Å². The third kappa shape index (κ3) is 13.2. The molecule has 0 unspecified atom stereocenters. The molecule has 0 aliphatic carbocycles. The van der Waals surface area contributed by atoms with Gasteiger partial charge in [-0.1, -0.05) is 46.8 Å². The number of hydrogen-bond acceptors (Lipinski definition) is 4. The summed E-state index contributed by atoms with van der Waals surface area (Å²) in [4.78, 5) is 14.0. The van der Waals surface area contributed by atoms with Crippen molar-refractivity contribution >= 4 is 17.6 Å². The van der Waals surface area contributed by atoms with Gasteiger partial charge in [0.1, 0.15) is 5.82 Å². The molecule has 0 amide bonds. The predicted molar refractivity (Wildman–Crippen MR) is 106 cm³/mol. The molecule has 0 atom stereocenters. The number of nitrogens with one attached hydrogen (secondary N) is 1. The normalized spacial score (nSPS) is 8.70. The van der Waals surface area contributed by atoms with E-state index in [-0.39, 0.29) is 38.5 Å². The quantitative estimate of drug-likeness (QED) is 0.335. The van der Waals surface area contributed by atoms with E-state index in [2.05, 4.69) is 4.99 Å². The van der Waals surface area contributed by atoms with Crippen molar-refractivity contribution < 1.29 is 47.1 Å². The van der Waals surface area contributed by atoms with E-state index in [0.717, 1.165) is 6.07 Å². The average Bonchev–Trinajstić information content (AvgIpc) is 2.66.